The van der Waals surface area contributed by atoms with Gasteiger partial charge in [-0.2, -0.15) is 0 Å². The van der Waals surface area contributed by atoms with Crippen molar-refractivity contribution >= 4 is 11.4 Å². The predicted molar refractivity (Wildman–Crippen MR) is 140 cm³/mol. The van der Waals surface area contributed by atoms with Crippen molar-refractivity contribution in [3.05, 3.63) is 62.1 Å². The van der Waals surface area contributed by atoms with E-state index in [1.165, 1.54) is 67.0 Å². The van der Waals surface area contributed by atoms with Crippen LogP contribution in [0.2, 0.25) is 0 Å². The van der Waals surface area contributed by atoms with Gasteiger partial charge in [0.05, 0.1) is 18.5 Å². The third-order valence-electron chi connectivity index (χ3n) is 7.82. The smallest absolute Gasteiger partial charge is 0.107 e. The normalized spacial score (nSPS) is 13.2. The van der Waals surface area contributed by atoms with Gasteiger partial charge in [-0.3, -0.25) is 0 Å². The van der Waals surface area contributed by atoms with E-state index in [9.17, 15) is 0 Å². The quantitative estimate of drug-likeness (QED) is 0.421. The Morgan fingerprint density at radius 2 is 0.677 bits per heavy atom. The molecule has 0 amide bonds. The van der Waals surface area contributed by atoms with Crippen molar-refractivity contribution in [3.63, 3.8) is 0 Å². The summed E-state index contributed by atoms with van der Waals surface area (Å²) >= 11 is 0. The molecule has 0 spiro atoms. The molecular weight excluding hydrogens is 376 g/mol. The lowest BCUT2D eigenvalue weighted by Crippen LogP contribution is -2.21. The van der Waals surface area contributed by atoms with E-state index in [-0.39, 0.29) is 0 Å². The lowest BCUT2D eigenvalue weighted by atomic mass is 9.92. The van der Waals surface area contributed by atoms with Gasteiger partial charge in [0.15, 0.2) is 0 Å². The molecular formula is C29H45N2+. The van der Waals surface area contributed by atoms with Crippen LogP contribution in [-0.2, 0) is 0 Å². The summed E-state index contributed by atoms with van der Waals surface area (Å²) in [7, 11) is 0. The van der Waals surface area contributed by atoms with Gasteiger partial charge in [-0.15, -0.1) is 0 Å². The van der Waals surface area contributed by atoms with E-state index < -0.39 is 0 Å². The lowest BCUT2D eigenvalue weighted by molar-refractivity contribution is 0.692. The Bertz CT molecular complexity index is 817. The number of anilines is 2. The minimum atomic E-state index is 0.415. The maximum Gasteiger partial charge on any atom is 0.107 e. The molecule has 2 aromatic rings. The Balaban J connectivity index is 1.98. The minimum Gasteiger partial charge on any atom is -0.378 e. The van der Waals surface area contributed by atoms with Crippen LogP contribution in [0.5, 0.6) is 0 Å². The van der Waals surface area contributed by atoms with Crippen molar-refractivity contribution in [2.75, 3.05) is 10.6 Å². The van der Waals surface area contributed by atoms with E-state index in [1.807, 2.05) is 0 Å². The molecule has 2 unspecified atom stereocenters. The van der Waals surface area contributed by atoms with Gasteiger partial charge in [-0.05, 0) is 139 Å². The van der Waals surface area contributed by atoms with E-state index in [0.717, 1.165) is 12.8 Å². The minimum absolute atomic E-state index is 0.415. The zero-order valence-electron chi connectivity index (χ0n) is 22.1. The average Bonchev–Trinajstić information content (AvgIpc) is 2.74. The Morgan fingerprint density at radius 3 is 0.935 bits per heavy atom. The SMILES string of the molecule is Cc1c(C)c(C)c(NC(C)C[CH+]CC(C)Nc2c(C)c(C)c(C)c(C)c2C)c(C)c1C. The largest absolute Gasteiger partial charge is 0.378 e. The first-order valence-corrected chi connectivity index (χ1v) is 11.9. The second-order valence-electron chi connectivity index (χ2n) is 9.85. The molecule has 0 radical (unpaired) electrons. The van der Waals surface area contributed by atoms with E-state index in [0.29, 0.717) is 12.1 Å². The molecule has 170 valence electrons. The van der Waals surface area contributed by atoms with Gasteiger partial charge in [0.2, 0.25) is 0 Å². The average molecular weight is 422 g/mol. The molecule has 0 bridgehead atoms. The van der Waals surface area contributed by atoms with Gasteiger partial charge in [-0.1, -0.05) is 0 Å². The van der Waals surface area contributed by atoms with Crippen LogP contribution in [-0.4, -0.2) is 12.1 Å². The summed E-state index contributed by atoms with van der Waals surface area (Å²) in [6.45, 7) is 27.0. The van der Waals surface area contributed by atoms with Crippen LogP contribution in [0.4, 0.5) is 11.4 Å². The molecule has 2 heteroatoms. The lowest BCUT2D eigenvalue weighted by Gasteiger charge is -2.23. The summed E-state index contributed by atoms with van der Waals surface area (Å²) in [6.07, 6.45) is 4.55. The number of benzene rings is 2. The van der Waals surface area contributed by atoms with Crippen LogP contribution in [0.1, 0.15) is 82.3 Å². The first-order chi connectivity index (χ1) is 14.4. The number of hydrogen-bond donors (Lipinski definition) is 2. The Hall–Kier alpha value is -2.09. The van der Waals surface area contributed by atoms with E-state index in [1.54, 1.807) is 0 Å². The molecule has 2 aromatic carbocycles. The van der Waals surface area contributed by atoms with Crippen molar-refractivity contribution in [3.8, 4) is 0 Å². The van der Waals surface area contributed by atoms with Gasteiger partial charge in [0, 0.05) is 11.4 Å². The van der Waals surface area contributed by atoms with Crippen LogP contribution >= 0.6 is 0 Å². The van der Waals surface area contributed by atoms with Crippen molar-refractivity contribution in [1.82, 2.24) is 0 Å². The van der Waals surface area contributed by atoms with Crippen molar-refractivity contribution in [2.45, 2.75) is 108 Å². The maximum absolute atomic E-state index is 3.80. The summed E-state index contributed by atoms with van der Waals surface area (Å²) in [6, 6.07) is 0.830. The second-order valence-corrected chi connectivity index (χ2v) is 9.85. The third-order valence-corrected chi connectivity index (χ3v) is 7.82. The van der Waals surface area contributed by atoms with Crippen molar-refractivity contribution in [2.24, 2.45) is 0 Å². The zero-order chi connectivity index (χ0) is 23.6. The van der Waals surface area contributed by atoms with Crippen LogP contribution in [0, 0.1) is 75.7 Å². The Kier molecular flexibility index (Phi) is 8.14. The number of rotatable bonds is 8. The molecule has 31 heavy (non-hydrogen) atoms. The van der Waals surface area contributed by atoms with E-state index in [4.69, 9.17) is 0 Å². The van der Waals surface area contributed by atoms with Crippen LogP contribution < -0.4 is 10.6 Å². The van der Waals surface area contributed by atoms with Crippen LogP contribution in [0.15, 0.2) is 0 Å². The highest BCUT2D eigenvalue weighted by molar-refractivity contribution is 5.66. The fourth-order valence-electron chi connectivity index (χ4n) is 4.64. The topological polar surface area (TPSA) is 24.1 Å². The molecule has 2 rings (SSSR count). The molecule has 0 heterocycles. The zero-order valence-corrected chi connectivity index (χ0v) is 22.1. The maximum atomic E-state index is 3.80. The molecule has 2 atom stereocenters. The van der Waals surface area contributed by atoms with E-state index in [2.05, 4.69) is 100 Å². The third kappa shape index (κ3) is 5.22. The molecule has 0 aromatic heterocycles. The van der Waals surface area contributed by atoms with Crippen molar-refractivity contribution < 1.29 is 0 Å². The Morgan fingerprint density at radius 1 is 0.452 bits per heavy atom. The predicted octanol–water partition coefficient (Wildman–Crippen LogP) is 8.06. The highest BCUT2D eigenvalue weighted by atomic mass is 14.9. The fraction of sp³-hybridized carbons (Fsp3) is 0.552. The summed E-state index contributed by atoms with van der Waals surface area (Å²) in [5.41, 5.74) is 16.7. The van der Waals surface area contributed by atoms with Gasteiger partial charge in [-0.25, -0.2) is 0 Å². The molecule has 2 N–H and O–H groups in total. The fourth-order valence-corrected chi connectivity index (χ4v) is 4.64. The van der Waals surface area contributed by atoms with Gasteiger partial charge in [0.1, 0.15) is 12.8 Å². The summed E-state index contributed by atoms with van der Waals surface area (Å²) in [5, 5.41) is 7.60. The standard InChI is InChI=1S/C29H45N2/c1-16(30-28-24(9)20(5)18(3)21(6)25(28)10)14-13-15-17(2)31-29-26(11)22(7)19(4)23(8)27(29)12/h13,16-17,30-31H,14-15H2,1-12H3/q+1. The molecule has 2 nitrogen and oxygen atoms in total. The summed E-state index contributed by atoms with van der Waals surface area (Å²) in [5.74, 6) is 0. The van der Waals surface area contributed by atoms with Gasteiger partial charge in [0.25, 0.3) is 0 Å². The monoisotopic (exact) mass is 421 g/mol. The first kappa shape index (κ1) is 25.2. The van der Waals surface area contributed by atoms with Gasteiger partial charge < -0.3 is 10.6 Å². The summed E-state index contributed by atoms with van der Waals surface area (Å²) in [4.78, 5) is 0. The number of hydrogen-bond acceptors (Lipinski definition) is 2. The van der Waals surface area contributed by atoms with Crippen LogP contribution in [0.25, 0.3) is 0 Å². The van der Waals surface area contributed by atoms with Crippen LogP contribution in [0.3, 0.4) is 0 Å². The Labute approximate surface area is 192 Å². The first-order valence-electron chi connectivity index (χ1n) is 11.9. The molecule has 0 saturated heterocycles. The molecule has 0 saturated carbocycles. The summed E-state index contributed by atoms with van der Waals surface area (Å²) < 4.78 is 0. The molecule has 0 aliphatic carbocycles. The van der Waals surface area contributed by atoms with Crippen molar-refractivity contribution in [1.29, 1.82) is 0 Å². The highest BCUT2D eigenvalue weighted by Crippen LogP contribution is 2.32. The molecule has 0 aliphatic heterocycles. The highest BCUT2D eigenvalue weighted by Gasteiger charge is 2.18. The molecule has 0 aliphatic rings. The van der Waals surface area contributed by atoms with E-state index >= 15 is 0 Å². The second kappa shape index (κ2) is 10.0. The van der Waals surface area contributed by atoms with Gasteiger partial charge >= 0.3 is 0 Å². The number of nitrogens with one attached hydrogen (secondary N) is 2. The molecule has 0 fully saturated rings.